The first-order chi connectivity index (χ1) is 12.2. The van der Waals surface area contributed by atoms with Gasteiger partial charge in [0.2, 0.25) is 10.0 Å². The SMILES string of the molecule is Cc1ccc(CNC(=O)N2CCC(CC3CC3)(NS(C)(=O)=O)CC2)cc1. The second-order valence-electron chi connectivity index (χ2n) is 7.93. The van der Waals surface area contributed by atoms with Crippen molar-refractivity contribution in [2.45, 2.75) is 51.1 Å². The van der Waals surface area contributed by atoms with E-state index < -0.39 is 10.0 Å². The molecule has 2 amide bonds. The Bertz CT molecular complexity index is 734. The van der Waals surface area contributed by atoms with Gasteiger partial charge in [0, 0.05) is 25.2 Å². The second-order valence-corrected chi connectivity index (χ2v) is 9.68. The molecule has 0 unspecified atom stereocenters. The maximum absolute atomic E-state index is 12.4. The first-order valence-corrected chi connectivity index (χ1v) is 11.2. The van der Waals surface area contributed by atoms with Crippen molar-refractivity contribution in [1.82, 2.24) is 14.9 Å². The number of rotatable bonds is 6. The minimum Gasteiger partial charge on any atom is -0.334 e. The fourth-order valence-corrected chi connectivity index (χ4v) is 4.82. The molecule has 0 spiro atoms. The number of carbonyl (C=O) groups excluding carboxylic acids is 1. The first kappa shape index (κ1) is 19.2. The summed E-state index contributed by atoms with van der Waals surface area (Å²) in [5, 5.41) is 2.97. The molecule has 7 heteroatoms. The molecule has 2 N–H and O–H groups in total. The lowest BCUT2D eigenvalue weighted by atomic mass is 9.84. The molecule has 0 radical (unpaired) electrons. The van der Waals surface area contributed by atoms with Crippen molar-refractivity contribution in [2.24, 2.45) is 5.92 Å². The third-order valence-electron chi connectivity index (χ3n) is 5.35. The van der Waals surface area contributed by atoms with Crippen molar-refractivity contribution >= 4 is 16.1 Å². The summed E-state index contributed by atoms with van der Waals surface area (Å²) >= 11 is 0. The van der Waals surface area contributed by atoms with Crippen LogP contribution < -0.4 is 10.0 Å². The third kappa shape index (κ3) is 5.45. The van der Waals surface area contributed by atoms with Crippen molar-refractivity contribution in [1.29, 1.82) is 0 Å². The Kier molecular flexibility index (Phi) is 5.58. The molecule has 1 aromatic carbocycles. The van der Waals surface area contributed by atoms with Crippen LogP contribution in [0.2, 0.25) is 0 Å². The molecule has 26 heavy (non-hydrogen) atoms. The van der Waals surface area contributed by atoms with Crippen LogP contribution in [0.1, 0.15) is 43.2 Å². The van der Waals surface area contributed by atoms with E-state index in [9.17, 15) is 13.2 Å². The van der Waals surface area contributed by atoms with Crippen LogP contribution in [0.4, 0.5) is 4.79 Å². The zero-order valence-electron chi connectivity index (χ0n) is 15.6. The predicted molar refractivity (Wildman–Crippen MR) is 102 cm³/mol. The number of aryl methyl sites for hydroxylation is 1. The van der Waals surface area contributed by atoms with Gasteiger partial charge < -0.3 is 10.2 Å². The molecule has 1 aliphatic carbocycles. The van der Waals surface area contributed by atoms with Gasteiger partial charge in [0.25, 0.3) is 0 Å². The highest BCUT2D eigenvalue weighted by molar-refractivity contribution is 7.88. The lowest BCUT2D eigenvalue weighted by Crippen LogP contribution is -2.57. The smallest absolute Gasteiger partial charge is 0.317 e. The number of carbonyl (C=O) groups is 1. The Hall–Kier alpha value is -1.60. The van der Waals surface area contributed by atoms with Crippen molar-refractivity contribution < 1.29 is 13.2 Å². The quantitative estimate of drug-likeness (QED) is 0.797. The number of sulfonamides is 1. The van der Waals surface area contributed by atoms with Crippen LogP contribution in [-0.4, -0.2) is 44.2 Å². The van der Waals surface area contributed by atoms with Crippen LogP contribution in [0, 0.1) is 12.8 Å². The molecule has 1 saturated carbocycles. The van der Waals surface area contributed by atoms with Crippen molar-refractivity contribution in [3.8, 4) is 0 Å². The van der Waals surface area contributed by atoms with Gasteiger partial charge in [-0.25, -0.2) is 17.9 Å². The van der Waals surface area contributed by atoms with E-state index in [1.54, 1.807) is 4.90 Å². The molecule has 0 bridgehead atoms. The Balaban J connectivity index is 1.53. The van der Waals surface area contributed by atoms with Crippen LogP contribution in [-0.2, 0) is 16.6 Å². The van der Waals surface area contributed by atoms with E-state index in [1.165, 1.54) is 24.7 Å². The summed E-state index contributed by atoms with van der Waals surface area (Å²) in [6.45, 7) is 3.70. The van der Waals surface area contributed by atoms with Crippen molar-refractivity contribution in [2.75, 3.05) is 19.3 Å². The summed E-state index contributed by atoms with van der Waals surface area (Å²) in [6.07, 6.45) is 5.84. The van der Waals surface area contributed by atoms with Gasteiger partial charge in [0.15, 0.2) is 0 Å². The summed E-state index contributed by atoms with van der Waals surface area (Å²) in [4.78, 5) is 14.2. The topological polar surface area (TPSA) is 78.5 Å². The molecule has 0 atom stereocenters. The Morgan fingerprint density at radius 1 is 1.19 bits per heavy atom. The highest BCUT2D eigenvalue weighted by Crippen LogP contribution is 2.40. The van der Waals surface area contributed by atoms with Crippen LogP contribution in [0.5, 0.6) is 0 Å². The van der Waals surface area contributed by atoms with E-state index in [2.05, 4.69) is 10.0 Å². The molecule has 3 rings (SSSR count). The second kappa shape index (κ2) is 7.56. The van der Waals surface area contributed by atoms with Crippen molar-refractivity contribution in [3.63, 3.8) is 0 Å². The van der Waals surface area contributed by atoms with E-state index >= 15 is 0 Å². The molecular weight excluding hydrogens is 350 g/mol. The lowest BCUT2D eigenvalue weighted by molar-refractivity contribution is 0.145. The highest BCUT2D eigenvalue weighted by atomic mass is 32.2. The number of hydrogen-bond acceptors (Lipinski definition) is 3. The van der Waals surface area contributed by atoms with Gasteiger partial charge in [-0.2, -0.15) is 0 Å². The molecule has 1 saturated heterocycles. The largest absolute Gasteiger partial charge is 0.334 e. The summed E-state index contributed by atoms with van der Waals surface area (Å²) in [5.74, 6) is 0.631. The zero-order chi connectivity index (χ0) is 18.8. The van der Waals surface area contributed by atoms with E-state index in [0.717, 1.165) is 12.0 Å². The number of likely N-dealkylation sites (tertiary alicyclic amines) is 1. The van der Waals surface area contributed by atoms with Crippen LogP contribution in [0.3, 0.4) is 0 Å². The van der Waals surface area contributed by atoms with Gasteiger partial charge in [-0.1, -0.05) is 42.7 Å². The van der Waals surface area contributed by atoms with Gasteiger partial charge in [-0.15, -0.1) is 0 Å². The van der Waals surface area contributed by atoms with Gasteiger partial charge in [0.05, 0.1) is 6.26 Å². The number of benzene rings is 1. The highest BCUT2D eigenvalue weighted by Gasteiger charge is 2.42. The summed E-state index contributed by atoms with van der Waals surface area (Å²) < 4.78 is 26.5. The standard InChI is InChI=1S/C19H29N3O3S/c1-15-3-5-17(6-4-15)14-20-18(23)22-11-9-19(10-12-22,13-16-7-8-16)21-26(2,24)25/h3-6,16,21H,7-14H2,1-2H3,(H,20,23). The van der Waals surface area contributed by atoms with Crippen LogP contribution in [0.25, 0.3) is 0 Å². The fraction of sp³-hybridized carbons (Fsp3) is 0.632. The molecular formula is C19H29N3O3S. The van der Waals surface area contributed by atoms with Gasteiger partial charge >= 0.3 is 6.03 Å². The van der Waals surface area contributed by atoms with Gasteiger partial charge in [-0.3, -0.25) is 0 Å². The first-order valence-electron chi connectivity index (χ1n) is 9.32. The predicted octanol–water partition coefficient (Wildman–Crippen LogP) is 2.39. The number of urea groups is 1. The number of hydrogen-bond donors (Lipinski definition) is 2. The van der Waals surface area contributed by atoms with Crippen LogP contribution in [0.15, 0.2) is 24.3 Å². The van der Waals surface area contributed by atoms with Gasteiger partial charge in [0.1, 0.15) is 0 Å². The van der Waals surface area contributed by atoms with Crippen molar-refractivity contribution in [3.05, 3.63) is 35.4 Å². The minimum absolute atomic E-state index is 0.0787. The maximum atomic E-state index is 12.4. The number of nitrogens with one attached hydrogen (secondary N) is 2. The molecule has 0 aromatic heterocycles. The Labute approximate surface area is 156 Å². The molecule has 2 fully saturated rings. The summed E-state index contributed by atoms with van der Waals surface area (Å²) in [7, 11) is -3.26. The lowest BCUT2D eigenvalue weighted by Gasteiger charge is -2.42. The Morgan fingerprint density at radius 3 is 2.35 bits per heavy atom. The van der Waals surface area contributed by atoms with E-state index in [0.29, 0.717) is 38.4 Å². The number of piperidine rings is 1. The molecule has 1 heterocycles. The normalized spacial score (nSPS) is 20.0. The summed E-state index contributed by atoms with van der Waals surface area (Å²) in [5.41, 5.74) is 1.88. The minimum atomic E-state index is -3.26. The molecule has 1 aliphatic heterocycles. The molecule has 6 nitrogen and oxygen atoms in total. The van der Waals surface area contributed by atoms with E-state index in [1.807, 2.05) is 31.2 Å². The van der Waals surface area contributed by atoms with E-state index in [4.69, 9.17) is 0 Å². The zero-order valence-corrected chi connectivity index (χ0v) is 16.4. The van der Waals surface area contributed by atoms with Crippen LogP contribution >= 0.6 is 0 Å². The number of nitrogens with zero attached hydrogens (tertiary/aromatic N) is 1. The molecule has 1 aromatic rings. The molecule has 2 aliphatic rings. The average Bonchev–Trinajstić information content (AvgIpc) is 3.37. The molecule has 144 valence electrons. The summed E-state index contributed by atoms with van der Waals surface area (Å²) in [6, 6.07) is 8.02. The maximum Gasteiger partial charge on any atom is 0.317 e. The van der Waals surface area contributed by atoms with E-state index in [-0.39, 0.29) is 11.6 Å². The fourth-order valence-electron chi connectivity index (χ4n) is 3.75. The average molecular weight is 380 g/mol. The third-order valence-corrected chi connectivity index (χ3v) is 6.15. The monoisotopic (exact) mass is 379 g/mol. The Morgan fingerprint density at radius 2 is 1.81 bits per heavy atom. The number of amides is 2. The van der Waals surface area contributed by atoms with Gasteiger partial charge in [-0.05, 0) is 37.7 Å².